The molecule has 0 aliphatic carbocycles. The molecule has 164 valence electrons. The third-order valence-electron chi connectivity index (χ3n) is 5.03. The molecular formula is C16H23FN2O10. The zero-order chi connectivity index (χ0) is 21.5. The molecule has 3 rings (SSSR count). The lowest BCUT2D eigenvalue weighted by Crippen LogP contribution is -2.46. The van der Waals surface area contributed by atoms with E-state index in [0.717, 1.165) is 6.20 Å². The topological polar surface area (TPSA) is 184 Å². The number of nitrogens with zero attached hydrogens (tertiary/aromatic N) is 1. The third kappa shape index (κ3) is 3.64. The Hall–Kier alpha value is -1.71. The fraction of sp³-hybridized carbons (Fsp3) is 0.750. The second kappa shape index (κ2) is 8.20. The van der Waals surface area contributed by atoms with E-state index in [4.69, 9.17) is 19.3 Å². The molecule has 3 heterocycles. The van der Waals surface area contributed by atoms with E-state index in [1.807, 2.05) is 4.98 Å². The van der Waals surface area contributed by atoms with Crippen molar-refractivity contribution in [3.63, 3.8) is 0 Å². The Labute approximate surface area is 162 Å². The molecule has 0 saturated carbocycles. The summed E-state index contributed by atoms with van der Waals surface area (Å²) in [6.45, 7) is 0.362. The van der Waals surface area contributed by atoms with Gasteiger partial charge in [0.25, 0.3) is 11.4 Å². The number of H-pyrrole nitrogens is 1. The number of ether oxygens (including phenoxy) is 3. The summed E-state index contributed by atoms with van der Waals surface area (Å²) in [7, 11) is 0. The van der Waals surface area contributed by atoms with Gasteiger partial charge in [0, 0.05) is 12.8 Å². The molecule has 12 nitrogen and oxygen atoms in total. The van der Waals surface area contributed by atoms with E-state index in [0.29, 0.717) is 4.57 Å². The number of hydrogen-bond donors (Lipinski definition) is 6. The van der Waals surface area contributed by atoms with Crippen molar-refractivity contribution in [1.29, 1.82) is 0 Å². The number of aliphatic hydroxyl groups is 5. The number of hydrogen-bond acceptors (Lipinski definition) is 10. The van der Waals surface area contributed by atoms with Gasteiger partial charge in [-0.1, -0.05) is 0 Å². The Kier molecular flexibility index (Phi) is 6.21. The number of aromatic nitrogens is 2. The average Bonchev–Trinajstić information content (AvgIpc) is 3.10. The van der Waals surface area contributed by atoms with Crippen LogP contribution >= 0.6 is 0 Å². The summed E-state index contributed by atoms with van der Waals surface area (Å²) in [6, 6.07) is 0. The molecule has 1 aromatic rings. The SMILES string of the molecule is CCO[C@@H]1C(c2cn([C@@H]3O[C@H](CO)[C@@H](O)[C@]3(O)F)c(=O)[nH]c2=O)O[C@H](CO)[C@H]1O. The van der Waals surface area contributed by atoms with Crippen LogP contribution in [0.15, 0.2) is 15.8 Å². The molecule has 29 heavy (non-hydrogen) atoms. The number of nitrogens with one attached hydrogen (secondary N) is 1. The number of rotatable bonds is 6. The lowest BCUT2D eigenvalue weighted by molar-refractivity contribution is -0.197. The van der Waals surface area contributed by atoms with E-state index in [-0.39, 0.29) is 12.2 Å². The van der Waals surface area contributed by atoms with E-state index in [1.54, 1.807) is 6.92 Å². The first-order valence-electron chi connectivity index (χ1n) is 8.94. The van der Waals surface area contributed by atoms with Crippen molar-refractivity contribution in [1.82, 2.24) is 9.55 Å². The lowest BCUT2D eigenvalue weighted by Gasteiger charge is -2.25. The van der Waals surface area contributed by atoms with Gasteiger partial charge in [0.15, 0.2) is 6.23 Å². The van der Waals surface area contributed by atoms with Crippen LogP contribution in [0.5, 0.6) is 0 Å². The summed E-state index contributed by atoms with van der Waals surface area (Å²) in [6.07, 6.45) is -9.56. The van der Waals surface area contributed by atoms with Gasteiger partial charge in [-0.3, -0.25) is 14.3 Å². The van der Waals surface area contributed by atoms with Crippen molar-refractivity contribution < 1.29 is 44.1 Å². The van der Waals surface area contributed by atoms with Crippen molar-refractivity contribution in [2.24, 2.45) is 0 Å². The molecule has 2 fully saturated rings. The fourth-order valence-electron chi connectivity index (χ4n) is 3.54. The summed E-state index contributed by atoms with van der Waals surface area (Å²) >= 11 is 0. The van der Waals surface area contributed by atoms with Crippen molar-refractivity contribution in [3.05, 3.63) is 32.6 Å². The quantitative estimate of drug-likeness (QED) is 0.271. The summed E-state index contributed by atoms with van der Waals surface area (Å²) in [5, 5.41) is 48.5. The average molecular weight is 422 g/mol. The maximum Gasteiger partial charge on any atom is 0.330 e. The Morgan fingerprint density at radius 1 is 1.24 bits per heavy atom. The van der Waals surface area contributed by atoms with Gasteiger partial charge in [-0.15, -0.1) is 0 Å². The first-order chi connectivity index (χ1) is 13.7. The zero-order valence-electron chi connectivity index (χ0n) is 15.3. The van der Waals surface area contributed by atoms with Gasteiger partial charge >= 0.3 is 5.69 Å². The Bertz CT molecular complexity index is 842. The second-order valence-electron chi connectivity index (χ2n) is 6.82. The molecule has 13 heteroatoms. The predicted molar refractivity (Wildman–Crippen MR) is 90.5 cm³/mol. The molecule has 1 unspecified atom stereocenters. The van der Waals surface area contributed by atoms with Crippen LogP contribution in [0.25, 0.3) is 0 Å². The van der Waals surface area contributed by atoms with Crippen molar-refractivity contribution in [3.8, 4) is 0 Å². The van der Waals surface area contributed by atoms with E-state index in [9.17, 15) is 34.4 Å². The van der Waals surface area contributed by atoms with Crippen LogP contribution in [0.4, 0.5) is 4.39 Å². The molecular weight excluding hydrogens is 399 g/mol. The lowest BCUT2D eigenvalue weighted by atomic mass is 10.0. The van der Waals surface area contributed by atoms with Crippen LogP contribution in [-0.4, -0.2) is 91.3 Å². The largest absolute Gasteiger partial charge is 0.394 e. The number of aliphatic hydroxyl groups excluding tert-OH is 4. The second-order valence-corrected chi connectivity index (χ2v) is 6.82. The van der Waals surface area contributed by atoms with E-state index < -0.39 is 73.2 Å². The molecule has 8 atom stereocenters. The van der Waals surface area contributed by atoms with Crippen molar-refractivity contribution >= 4 is 0 Å². The molecule has 0 aromatic carbocycles. The highest BCUT2D eigenvalue weighted by Crippen LogP contribution is 2.39. The minimum atomic E-state index is -3.45. The standard InChI is InChI=1S/C16H23FN2O10/c1-2-27-11-9(22)7(4-20)28-10(11)6-3-19(15(25)18-13(6)24)14-16(17,26)12(23)8(5-21)29-14/h3,7-12,14,20-23,26H,2,4-5H2,1H3,(H,18,24,25)/t7-,8-,9-,10?,11+,12-,14-,16-/m1/s1. The van der Waals surface area contributed by atoms with E-state index in [2.05, 4.69) is 0 Å². The van der Waals surface area contributed by atoms with Crippen LogP contribution < -0.4 is 11.2 Å². The summed E-state index contributed by atoms with van der Waals surface area (Å²) in [5.74, 6) is -3.45. The normalized spacial score (nSPS) is 39.9. The van der Waals surface area contributed by atoms with Gasteiger partial charge in [-0.2, -0.15) is 0 Å². The molecule has 1 aromatic heterocycles. The highest BCUT2D eigenvalue weighted by molar-refractivity contribution is 5.15. The molecule has 0 spiro atoms. The highest BCUT2D eigenvalue weighted by Gasteiger charge is 2.58. The smallest absolute Gasteiger partial charge is 0.330 e. The van der Waals surface area contributed by atoms with Gasteiger partial charge in [0.2, 0.25) is 0 Å². The minimum Gasteiger partial charge on any atom is -0.394 e. The molecule has 0 bridgehead atoms. The van der Waals surface area contributed by atoms with Crippen LogP contribution in [-0.2, 0) is 14.2 Å². The maximum atomic E-state index is 14.6. The van der Waals surface area contributed by atoms with E-state index >= 15 is 0 Å². The maximum absolute atomic E-state index is 14.6. The molecule has 2 saturated heterocycles. The molecule has 0 amide bonds. The van der Waals surface area contributed by atoms with Gasteiger partial charge in [0.05, 0.1) is 18.8 Å². The number of halogens is 1. The summed E-state index contributed by atoms with van der Waals surface area (Å²) in [4.78, 5) is 26.5. The number of alkyl halides is 1. The van der Waals surface area contributed by atoms with Gasteiger partial charge in [-0.25, -0.2) is 9.18 Å². The van der Waals surface area contributed by atoms with Crippen molar-refractivity contribution in [2.45, 2.75) is 55.6 Å². The third-order valence-corrected chi connectivity index (χ3v) is 5.03. The van der Waals surface area contributed by atoms with Crippen LogP contribution in [0, 0.1) is 0 Å². The first-order valence-corrected chi connectivity index (χ1v) is 8.94. The van der Waals surface area contributed by atoms with E-state index in [1.165, 1.54) is 0 Å². The van der Waals surface area contributed by atoms with Crippen molar-refractivity contribution in [2.75, 3.05) is 19.8 Å². The van der Waals surface area contributed by atoms with Gasteiger partial charge in [-0.05, 0) is 6.92 Å². The molecule has 2 aliphatic heterocycles. The predicted octanol–water partition coefficient (Wildman–Crippen LogP) is -3.36. The minimum absolute atomic E-state index is 0.137. The highest BCUT2D eigenvalue weighted by atomic mass is 19.2. The molecule has 6 N–H and O–H groups in total. The molecule has 2 aliphatic rings. The summed E-state index contributed by atoms with van der Waals surface area (Å²) < 4.78 is 31.1. The zero-order valence-corrected chi connectivity index (χ0v) is 15.3. The Morgan fingerprint density at radius 3 is 2.45 bits per heavy atom. The van der Waals surface area contributed by atoms with Crippen LogP contribution in [0.1, 0.15) is 24.8 Å². The van der Waals surface area contributed by atoms with Gasteiger partial charge < -0.3 is 39.7 Å². The summed E-state index contributed by atoms with van der Waals surface area (Å²) in [5.41, 5.74) is -2.35. The molecule has 0 radical (unpaired) electrons. The Morgan fingerprint density at radius 2 is 1.90 bits per heavy atom. The van der Waals surface area contributed by atoms with Gasteiger partial charge in [0.1, 0.15) is 36.6 Å². The van der Waals surface area contributed by atoms with Crippen LogP contribution in [0.3, 0.4) is 0 Å². The monoisotopic (exact) mass is 422 g/mol. The Balaban J connectivity index is 2.05. The number of aromatic amines is 1. The fourth-order valence-corrected chi connectivity index (χ4v) is 3.54. The first kappa shape index (κ1) is 22.0. The van der Waals surface area contributed by atoms with Crippen LogP contribution in [0.2, 0.25) is 0 Å².